The van der Waals surface area contributed by atoms with Gasteiger partial charge in [0, 0.05) is 17.2 Å². The van der Waals surface area contributed by atoms with Crippen LogP contribution in [0.2, 0.25) is 0 Å². The lowest BCUT2D eigenvalue weighted by molar-refractivity contribution is 0.756. The fraction of sp³-hybridized carbons (Fsp3) is 0.273. The van der Waals surface area contributed by atoms with Gasteiger partial charge in [0.25, 0.3) is 0 Å². The molecule has 1 heteroatoms. The van der Waals surface area contributed by atoms with Gasteiger partial charge >= 0.3 is 0 Å². The van der Waals surface area contributed by atoms with Crippen molar-refractivity contribution < 1.29 is 0 Å². The first kappa shape index (κ1) is 8.67. The lowest BCUT2D eigenvalue weighted by Gasteiger charge is -2.13. The van der Waals surface area contributed by atoms with Crippen LogP contribution in [-0.2, 0) is 0 Å². The Balaban J connectivity index is 2.65. The van der Waals surface area contributed by atoms with E-state index in [4.69, 9.17) is 5.73 Å². The maximum absolute atomic E-state index is 5.58. The first-order valence-electron chi connectivity index (χ1n) is 3.99. The van der Waals surface area contributed by atoms with Gasteiger partial charge in [-0.15, -0.1) is 5.92 Å². The maximum Gasteiger partial charge on any atom is 0.0202 e. The molecule has 0 bridgehead atoms. The highest BCUT2D eigenvalue weighted by molar-refractivity contribution is 5.41. The molecule has 1 atom stereocenters. The summed E-state index contributed by atoms with van der Waals surface area (Å²) in [5.74, 6) is 6.15. The van der Waals surface area contributed by atoms with Crippen LogP contribution in [0.25, 0.3) is 0 Å². The van der Waals surface area contributed by atoms with Crippen LogP contribution < -0.4 is 5.73 Å². The highest BCUT2D eigenvalue weighted by atomic mass is 14.6. The fourth-order valence-corrected chi connectivity index (χ4v) is 1.13. The minimum atomic E-state index is 0.299. The van der Waals surface area contributed by atoms with Gasteiger partial charge in [-0.2, -0.15) is 0 Å². The summed E-state index contributed by atoms with van der Waals surface area (Å²) in [5, 5.41) is 0. The van der Waals surface area contributed by atoms with Gasteiger partial charge in [-0.25, -0.2) is 0 Å². The molecule has 0 radical (unpaired) electrons. The third kappa shape index (κ3) is 2.03. The third-order valence-corrected chi connectivity index (χ3v) is 1.85. The molecule has 0 amide bonds. The predicted octanol–water partition coefficient (Wildman–Crippen LogP) is 1.98. The molecule has 0 aliphatic heterocycles. The number of hydrogen-bond acceptors (Lipinski definition) is 1. The Kier molecular flexibility index (Phi) is 2.76. The Labute approximate surface area is 73.7 Å². The molecule has 0 aromatic carbocycles. The van der Waals surface area contributed by atoms with Gasteiger partial charge in [0.1, 0.15) is 0 Å². The molecule has 0 aromatic heterocycles. The second kappa shape index (κ2) is 3.82. The zero-order valence-corrected chi connectivity index (χ0v) is 7.30. The van der Waals surface area contributed by atoms with Crippen molar-refractivity contribution in [3.05, 3.63) is 36.1 Å². The zero-order chi connectivity index (χ0) is 8.97. The third-order valence-electron chi connectivity index (χ3n) is 1.85. The number of hydrogen-bond donors (Lipinski definition) is 1. The maximum atomic E-state index is 5.58. The predicted molar refractivity (Wildman–Crippen MR) is 52.1 cm³/mol. The topological polar surface area (TPSA) is 26.0 Å². The van der Waals surface area contributed by atoms with Gasteiger partial charge in [0.2, 0.25) is 0 Å². The van der Waals surface area contributed by atoms with E-state index in [1.54, 1.807) is 0 Å². The Bertz CT molecular complexity index is 297. The van der Waals surface area contributed by atoms with Crippen molar-refractivity contribution in [3.8, 4) is 11.8 Å². The Morgan fingerprint density at radius 3 is 2.92 bits per heavy atom. The Hall–Kier alpha value is -1.42. The van der Waals surface area contributed by atoms with Gasteiger partial charge in [0.15, 0.2) is 0 Å². The van der Waals surface area contributed by atoms with E-state index in [9.17, 15) is 0 Å². The normalized spacial score (nSPS) is 20.8. The quantitative estimate of drug-likeness (QED) is 0.582. The minimum Gasteiger partial charge on any atom is -0.402 e. The van der Waals surface area contributed by atoms with Gasteiger partial charge in [0.05, 0.1) is 0 Å². The summed E-state index contributed by atoms with van der Waals surface area (Å²) in [6, 6.07) is 0. The monoisotopic (exact) mass is 159 g/mol. The second-order valence-corrected chi connectivity index (χ2v) is 2.81. The van der Waals surface area contributed by atoms with Gasteiger partial charge in [-0.3, -0.25) is 0 Å². The van der Waals surface area contributed by atoms with E-state index in [1.807, 2.05) is 13.0 Å². The van der Waals surface area contributed by atoms with Gasteiger partial charge in [-0.05, 0) is 13.3 Å². The Morgan fingerprint density at radius 2 is 2.50 bits per heavy atom. The number of rotatable bonds is 1. The molecule has 0 saturated carbocycles. The summed E-state index contributed by atoms with van der Waals surface area (Å²) in [6.07, 6.45) is 7.08. The zero-order valence-electron chi connectivity index (χ0n) is 7.30. The Morgan fingerprint density at radius 1 is 1.75 bits per heavy atom. The summed E-state index contributed by atoms with van der Waals surface area (Å²) in [7, 11) is 0. The SMILES string of the molecule is C=C(N)C1C=CC(C#CC)=CC1. The lowest BCUT2D eigenvalue weighted by Crippen LogP contribution is -2.09. The molecular formula is C11H13N. The molecule has 1 aliphatic carbocycles. The van der Waals surface area contributed by atoms with Crippen LogP contribution in [0, 0.1) is 17.8 Å². The molecule has 0 saturated heterocycles. The summed E-state index contributed by atoms with van der Waals surface area (Å²) >= 11 is 0. The van der Waals surface area contributed by atoms with Crippen LogP contribution in [0.1, 0.15) is 13.3 Å². The lowest BCUT2D eigenvalue weighted by atomic mass is 9.95. The molecule has 1 unspecified atom stereocenters. The summed E-state index contributed by atoms with van der Waals surface area (Å²) in [6.45, 7) is 5.55. The average Bonchev–Trinajstić information content (AvgIpc) is 2.06. The van der Waals surface area contributed by atoms with E-state index in [2.05, 4.69) is 30.6 Å². The highest BCUT2D eigenvalue weighted by Crippen LogP contribution is 2.18. The van der Waals surface area contributed by atoms with E-state index in [0.717, 1.165) is 17.7 Å². The van der Waals surface area contributed by atoms with Crippen molar-refractivity contribution >= 4 is 0 Å². The molecule has 0 heterocycles. The van der Waals surface area contributed by atoms with Crippen molar-refractivity contribution in [2.75, 3.05) is 0 Å². The van der Waals surface area contributed by atoms with E-state index in [-0.39, 0.29) is 0 Å². The second-order valence-electron chi connectivity index (χ2n) is 2.81. The standard InChI is InChI=1S/C11H13N/c1-3-4-10-5-7-11(8-6-10)9(2)12/h5-7,11H,2,8,12H2,1H3. The number of allylic oxidation sites excluding steroid dienone is 4. The summed E-state index contributed by atoms with van der Waals surface area (Å²) in [5.41, 5.74) is 7.38. The molecule has 0 fully saturated rings. The molecule has 0 aromatic rings. The summed E-state index contributed by atoms with van der Waals surface area (Å²) in [4.78, 5) is 0. The first-order chi connectivity index (χ1) is 5.74. The molecule has 0 spiro atoms. The van der Waals surface area contributed by atoms with E-state index < -0.39 is 0 Å². The van der Waals surface area contributed by atoms with Gasteiger partial charge < -0.3 is 5.73 Å². The molecule has 1 nitrogen and oxygen atoms in total. The van der Waals surface area contributed by atoms with Crippen LogP contribution >= 0.6 is 0 Å². The van der Waals surface area contributed by atoms with E-state index in [1.165, 1.54) is 0 Å². The van der Waals surface area contributed by atoms with E-state index >= 15 is 0 Å². The smallest absolute Gasteiger partial charge is 0.0202 e. The van der Waals surface area contributed by atoms with Crippen molar-refractivity contribution in [1.82, 2.24) is 0 Å². The first-order valence-corrected chi connectivity index (χ1v) is 3.99. The molecule has 12 heavy (non-hydrogen) atoms. The van der Waals surface area contributed by atoms with Crippen molar-refractivity contribution in [2.45, 2.75) is 13.3 Å². The molecule has 1 rings (SSSR count). The summed E-state index contributed by atoms with van der Waals surface area (Å²) < 4.78 is 0. The van der Waals surface area contributed by atoms with Crippen LogP contribution in [0.15, 0.2) is 36.1 Å². The minimum absolute atomic E-state index is 0.299. The molecule has 62 valence electrons. The van der Waals surface area contributed by atoms with Crippen molar-refractivity contribution in [1.29, 1.82) is 0 Å². The highest BCUT2D eigenvalue weighted by Gasteiger charge is 2.07. The van der Waals surface area contributed by atoms with Crippen LogP contribution in [-0.4, -0.2) is 0 Å². The molecule has 2 N–H and O–H groups in total. The largest absolute Gasteiger partial charge is 0.402 e. The van der Waals surface area contributed by atoms with Crippen molar-refractivity contribution in [2.24, 2.45) is 11.7 Å². The molecular weight excluding hydrogens is 146 g/mol. The fourth-order valence-electron chi connectivity index (χ4n) is 1.13. The van der Waals surface area contributed by atoms with Crippen molar-refractivity contribution in [3.63, 3.8) is 0 Å². The van der Waals surface area contributed by atoms with Crippen LogP contribution in [0.5, 0.6) is 0 Å². The van der Waals surface area contributed by atoms with Crippen LogP contribution in [0.3, 0.4) is 0 Å². The van der Waals surface area contributed by atoms with Gasteiger partial charge in [-0.1, -0.05) is 30.7 Å². The van der Waals surface area contributed by atoms with E-state index in [0.29, 0.717) is 5.92 Å². The average molecular weight is 159 g/mol. The van der Waals surface area contributed by atoms with Crippen LogP contribution in [0.4, 0.5) is 0 Å². The number of nitrogens with two attached hydrogens (primary N) is 1. The molecule has 1 aliphatic rings.